The highest BCUT2D eigenvalue weighted by Gasteiger charge is 2.06. The average Bonchev–Trinajstić information content (AvgIpc) is 2.74. The van der Waals surface area contributed by atoms with Crippen molar-refractivity contribution in [1.29, 1.82) is 0 Å². The van der Waals surface area contributed by atoms with Crippen molar-refractivity contribution in [2.45, 2.75) is 25.9 Å². The molecule has 0 aliphatic carbocycles. The lowest BCUT2D eigenvalue weighted by molar-refractivity contribution is 0.320. The van der Waals surface area contributed by atoms with Crippen LogP contribution in [0.5, 0.6) is 0 Å². The molecule has 3 rings (SSSR count). The molecule has 28 heavy (non-hydrogen) atoms. The minimum Gasteiger partial charge on any atom is -0.300 e. The van der Waals surface area contributed by atoms with E-state index in [4.69, 9.17) is 0 Å². The lowest BCUT2D eigenvalue weighted by Crippen LogP contribution is -2.23. The molecule has 0 saturated carbocycles. The van der Waals surface area contributed by atoms with Crippen LogP contribution in [-0.4, -0.2) is 56.9 Å². The number of hydrogen-bond acceptors (Lipinski definition) is 6. The van der Waals surface area contributed by atoms with Gasteiger partial charge in [-0.15, -0.1) is 0 Å². The largest absolute Gasteiger partial charge is 0.300 e. The third kappa shape index (κ3) is 6.79. The highest BCUT2D eigenvalue weighted by molar-refractivity contribution is 5.06. The second-order valence-corrected chi connectivity index (χ2v) is 7.12. The van der Waals surface area contributed by atoms with E-state index in [9.17, 15) is 0 Å². The van der Waals surface area contributed by atoms with Crippen LogP contribution < -0.4 is 0 Å². The van der Waals surface area contributed by atoms with E-state index in [2.05, 4.69) is 56.0 Å². The quantitative estimate of drug-likeness (QED) is 0.542. The van der Waals surface area contributed by atoms with Crippen molar-refractivity contribution in [3.05, 3.63) is 84.0 Å². The molecule has 0 aromatic carbocycles. The Labute approximate surface area is 167 Å². The van der Waals surface area contributed by atoms with Crippen molar-refractivity contribution in [1.82, 2.24) is 29.7 Å². The molecule has 0 aliphatic heterocycles. The smallest absolute Gasteiger partial charge is 0.0726 e. The molecule has 0 unspecified atom stereocenters. The van der Waals surface area contributed by atoms with Crippen LogP contribution in [0.3, 0.4) is 0 Å². The van der Waals surface area contributed by atoms with Gasteiger partial charge in [0, 0.05) is 62.8 Å². The number of rotatable bonds is 10. The SMILES string of the molecule is CN(CCc1ccccn1)Cc1cnc(CN(C)CCc2ccccn2)cn1. The second-order valence-electron chi connectivity index (χ2n) is 7.12. The summed E-state index contributed by atoms with van der Waals surface area (Å²) in [4.78, 5) is 22.4. The number of pyridine rings is 2. The van der Waals surface area contributed by atoms with Gasteiger partial charge in [-0.2, -0.15) is 0 Å². The topological polar surface area (TPSA) is 58.0 Å². The van der Waals surface area contributed by atoms with Crippen LogP contribution in [-0.2, 0) is 25.9 Å². The normalized spacial score (nSPS) is 11.3. The first-order valence-electron chi connectivity index (χ1n) is 9.66. The van der Waals surface area contributed by atoms with Crippen molar-refractivity contribution in [3.63, 3.8) is 0 Å². The Morgan fingerprint density at radius 3 is 1.43 bits per heavy atom. The maximum absolute atomic E-state index is 4.59. The van der Waals surface area contributed by atoms with Crippen LogP contribution in [0.1, 0.15) is 22.8 Å². The fraction of sp³-hybridized carbons (Fsp3) is 0.364. The van der Waals surface area contributed by atoms with Crippen LogP contribution in [0.2, 0.25) is 0 Å². The van der Waals surface area contributed by atoms with Crippen LogP contribution in [0.15, 0.2) is 61.2 Å². The van der Waals surface area contributed by atoms with Gasteiger partial charge in [-0.3, -0.25) is 19.9 Å². The van der Waals surface area contributed by atoms with Crippen molar-refractivity contribution >= 4 is 0 Å². The molecule has 0 bridgehead atoms. The molecule has 0 N–H and O–H groups in total. The highest BCUT2D eigenvalue weighted by Crippen LogP contribution is 2.05. The summed E-state index contributed by atoms with van der Waals surface area (Å²) < 4.78 is 0. The molecule has 6 nitrogen and oxygen atoms in total. The van der Waals surface area contributed by atoms with Gasteiger partial charge in [-0.05, 0) is 38.4 Å². The predicted octanol–water partition coefficient (Wildman–Crippen LogP) is 2.62. The summed E-state index contributed by atoms with van der Waals surface area (Å²) in [6.07, 6.45) is 9.33. The van der Waals surface area contributed by atoms with Gasteiger partial charge in [-0.1, -0.05) is 12.1 Å². The van der Waals surface area contributed by atoms with Gasteiger partial charge in [0.1, 0.15) is 0 Å². The summed E-state index contributed by atoms with van der Waals surface area (Å²) in [6, 6.07) is 12.1. The number of likely N-dealkylation sites (N-methyl/N-ethyl adjacent to an activating group) is 2. The van der Waals surface area contributed by atoms with Crippen molar-refractivity contribution in [2.24, 2.45) is 0 Å². The summed E-state index contributed by atoms with van der Waals surface area (Å²) in [5, 5.41) is 0. The van der Waals surface area contributed by atoms with Gasteiger partial charge >= 0.3 is 0 Å². The minimum absolute atomic E-state index is 0.787. The van der Waals surface area contributed by atoms with Gasteiger partial charge in [0.2, 0.25) is 0 Å². The van der Waals surface area contributed by atoms with Crippen LogP contribution in [0.25, 0.3) is 0 Å². The Bertz CT molecular complexity index is 737. The van der Waals surface area contributed by atoms with Crippen LogP contribution in [0.4, 0.5) is 0 Å². The van der Waals surface area contributed by atoms with Gasteiger partial charge < -0.3 is 9.80 Å². The van der Waals surface area contributed by atoms with Gasteiger partial charge in [0.15, 0.2) is 0 Å². The molecule has 0 fully saturated rings. The maximum atomic E-state index is 4.59. The first kappa shape index (κ1) is 20.0. The molecule has 0 atom stereocenters. The van der Waals surface area contributed by atoms with Crippen LogP contribution in [0, 0.1) is 0 Å². The Morgan fingerprint density at radius 1 is 0.607 bits per heavy atom. The minimum atomic E-state index is 0.787. The third-order valence-corrected chi connectivity index (χ3v) is 4.57. The molecule has 0 radical (unpaired) electrons. The van der Waals surface area contributed by atoms with Gasteiger partial charge in [-0.25, -0.2) is 0 Å². The Hall–Kier alpha value is -2.70. The van der Waals surface area contributed by atoms with E-state index >= 15 is 0 Å². The molecule has 3 heterocycles. The molecule has 0 saturated heterocycles. The number of aromatic nitrogens is 4. The lowest BCUT2D eigenvalue weighted by Gasteiger charge is -2.17. The lowest BCUT2D eigenvalue weighted by atomic mass is 10.2. The fourth-order valence-corrected chi connectivity index (χ4v) is 2.96. The van der Waals surface area contributed by atoms with Crippen LogP contribution >= 0.6 is 0 Å². The predicted molar refractivity (Wildman–Crippen MR) is 111 cm³/mol. The average molecular weight is 377 g/mol. The fourth-order valence-electron chi connectivity index (χ4n) is 2.96. The summed E-state index contributed by atoms with van der Waals surface area (Å²) in [7, 11) is 4.20. The molecule has 146 valence electrons. The van der Waals surface area contributed by atoms with Gasteiger partial charge in [0.05, 0.1) is 23.8 Å². The van der Waals surface area contributed by atoms with E-state index in [1.165, 1.54) is 0 Å². The molecule has 3 aromatic rings. The monoisotopic (exact) mass is 376 g/mol. The van der Waals surface area contributed by atoms with Gasteiger partial charge in [0.25, 0.3) is 0 Å². The summed E-state index contributed by atoms with van der Waals surface area (Å²) in [5.74, 6) is 0. The summed E-state index contributed by atoms with van der Waals surface area (Å²) in [5.41, 5.74) is 4.21. The standard InChI is InChI=1S/C22H28N6/c1-27(13-9-19-7-3-5-11-23-19)17-21-15-26-22(16-25-21)18-28(2)14-10-20-8-4-6-12-24-20/h3-8,11-12,15-16H,9-10,13-14,17-18H2,1-2H3. The molecule has 3 aromatic heterocycles. The second kappa shape index (κ2) is 10.6. The molecule has 0 aliphatic rings. The van der Waals surface area contributed by atoms with Crippen molar-refractivity contribution in [2.75, 3.05) is 27.2 Å². The zero-order valence-corrected chi connectivity index (χ0v) is 16.7. The van der Waals surface area contributed by atoms with E-state index in [0.717, 1.165) is 61.8 Å². The van der Waals surface area contributed by atoms with E-state index < -0.39 is 0 Å². The van der Waals surface area contributed by atoms with E-state index in [0.29, 0.717) is 0 Å². The molecular formula is C22H28N6. The molecular weight excluding hydrogens is 348 g/mol. The zero-order chi connectivity index (χ0) is 19.6. The Kier molecular flexibility index (Phi) is 7.58. The highest BCUT2D eigenvalue weighted by atomic mass is 15.1. The maximum Gasteiger partial charge on any atom is 0.0726 e. The Balaban J connectivity index is 1.41. The molecule has 0 amide bonds. The first-order chi connectivity index (χ1) is 13.7. The molecule has 6 heteroatoms. The van der Waals surface area contributed by atoms with Crippen molar-refractivity contribution in [3.8, 4) is 0 Å². The Morgan fingerprint density at radius 2 is 1.07 bits per heavy atom. The third-order valence-electron chi connectivity index (χ3n) is 4.57. The molecule has 0 spiro atoms. The van der Waals surface area contributed by atoms with E-state index in [-0.39, 0.29) is 0 Å². The van der Waals surface area contributed by atoms with Crippen molar-refractivity contribution < 1.29 is 0 Å². The number of hydrogen-bond donors (Lipinski definition) is 0. The first-order valence-corrected chi connectivity index (χ1v) is 9.66. The summed E-state index contributed by atoms with van der Waals surface area (Å²) in [6.45, 7) is 3.46. The summed E-state index contributed by atoms with van der Waals surface area (Å²) >= 11 is 0. The number of nitrogens with zero attached hydrogens (tertiary/aromatic N) is 6. The van der Waals surface area contributed by atoms with E-state index in [1.807, 2.05) is 49.1 Å². The van der Waals surface area contributed by atoms with E-state index in [1.54, 1.807) is 0 Å². The zero-order valence-electron chi connectivity index (χ0n) is 16.7.